The fraction of sp³-hybridized carbons (Fsp3) is 0.615. The van der Waals surface area contributed by atoms with E-state index in [0.717, 1.165) is 17.9 Å². The maximum absolute atomic E-state index is 5.73. The third kappa shape index (κ3) is 4.19. The number of hydrogen-bond donors (Lipinski definition) is 1. The molecule has 1 N–H and O–H groups in total. The molecule has 0 bridgehead atoms. The average Bonchev–Trinajstić information content (AvgIpc) is 2.26. The smallest absolute Gasteiger partial charge is 0.0892 e. The number of pyridine rings is 1. The number of ether oxygens (including phenoxy) is 1. The predicted octanol–water partition coefficient (Wildman–Crippen LogP) is 3.07. The second-order valence-corrected chi connectivity index (χ2v) is 4.33. The zero-order valence-electron chi connectivity index (χ0n) is 10.7. The fourth-order valence-electron chi connectivity index (χ4n) is 1.28. The normalized spacial score (nSPS) is 12.8. The van der Waals surface area contributed by atoms with Crippen LogP contribution in [0.2, 0.25) is 0 Å². The molecule has 1 heterocycles. The molecule has 3 nitrogen and oxygen atoms in total. The highest BCUT2D eigenvalue weighted by Crippen LogP contribution is 2.11. The first-order valence-corrected chi connectivity index (χ1v) is 5.94. The molecule has 0 amide bonds. The Labute approximate surface area is 98.2 Å². The molecule has 1 unspecified atom stereocenters. The van der Waals surface area contributed by atoms with Crippen LogP contribution in [0, 0.1) is 5.92 Å². The van der Waals surface area contributed by atoms with Crippen molar-refractivity contribution in [2.75, 3.05) is 11.9 Å². The van der Waals surface area contributed by atoms with E-state index in [1.54, 1.807) is 0 Å². The van der Waals surface area contributed by atoms with Gasteiger partial charge in [-0.25, -0.2) is 0 Å². The lowest BCUT2D eigenvalue weighted by molar-refractivity contribution is 0.0218. The van der Waals surface area contributed by atoms with Crippen LogP contribution in [0.5, 0.6) is 0 Å². The minimum absolute atomic E-state index is 0.268. The molecule has 0 aliphatic heterocycles. The third-order valence-electron chi connectivity index (χ3n) is 2.63. The van der Waals surface area contributed by atoms with Crippen molar-refractivity contribution in [3.05, 3.63) is 24.0 Å². The molecular weight excluding hydrogens is 200 g/mol. The van der Waals surface area contributed by atoms with Gasteiger partial charge < -0.3 is 10.1 Å². The van der Waals surface area contributed by atoms with Crippen LogP contribution in [0.4, 0.5) is 5.69 Å². The zero-order valence-corrected chi connectivity index (χ0v) is 10.7. The van der Waals surface area contributed by atoms with E-state index in [2.05, 4.69) is 38.0 Å². The van der Waals surface area contributed by atoms with Gasteiger partial charge in [0.25, 0.3) is 0 Å². The summed E-state index contributed by atoms with van der Waals surface area (Å²) in [5.74, 6) is 0.539. The molecule has 90 valence electrons. The maximum atomic E-state index is 5.73. The number of hydrogen-bond acceptors (Lipinski definition) is 3. The highest BCUT2D eigenvalue weighted by atomic mass is 16.5. The molecule has 1 aromatic heterocycles. The van der Waals surface area contributed by atoms with E-state index in [9.17, 15) is 0 Å². The minimum Gasteiger partial charge on any atom is -0.385 e. The van der Waals surface area contributed by atoms with Gasteiger partial charge in [-0.15, -0.1) is 0 Å². The Balaban J connectivity index is 2.50. The number of nitrogens with one attached hydrogen (secondary N) is 1. The van der Waals surface area contributed by atoms with Crippen molar-refractivity contribution in [2.24, 2.45) is 5.92 Å². The fourth-order valence-corrected chi connectivity index (χ4v) is 1.28. The molecule has 0 spiro atoms. The van der Waals surface area contributed by atoms with Crippen LogP contribution < -0.4 is 5.32 Å². The largest absolute Gasteiger partial charge is 0.385 e. The Morgan fingerprint density at radius 1 is 1.38 bits per heavy atom. The van der Waals surface area contributed by atoms with Crippen molar-refractivity contribution >= 4 is 5.69 Å². The average molecular weight is 222 g/mol. The number of anilines is 1. The lowest BCUT2D eigenvalue weighted by atomic mass is 10.1. The van der Waals surface area contributed by atoms with Crippen LogP contribution >= 0.6 is 0 Å². The van der Waals surface area contributed by atoms with Crippen LogP contribution in [-0.4, -0.2) is 17.6 Å². The Kier molecular flexibility index (Phi) is 5.26. The monoisotopic (exact) mass is 222 g/mol. The van der Waals surface area contributed by atoms with Gasteiger partial charge in [0, 0.05) is 18.4 Å². The molecule has 1 rings (SSSR count). The topological polar surface area (TPSA) is 34.2 Å². The molecule has 1 aromatic rings. The van der Waals surface area contributed by atoms with E-state index >= 15 is 0 Å². The lowest BCUT2D eigenvalue weighted by Crippen LogP contribution is -2.15. The molecule has 0 aliphatic rings. The Morgan fingerprint density at radius 3 is 2.75 bits per heavy atom. The highest BCUT2D eigenvalue weighted by molar-refractivity contribution is 5.42. The zero-order chi connectivity index (χ0) is 12.0. The number of nitrogens with zero attached hydrogens (tertiary/aromatic N) is 1. The van der Waals surface area contributed by atoms with Gasteiger partial charge in [-0.05, 0) is 31.9 Å². The summed E-state index contributed by atoms with van der Waals surface area (Å²) in [5.41, 5.74) is 2.08. The Bertz CT molecular complexity index is 313. The summed E-state index contributed by atoms with van der Waals surface area (Å²) in [6.45, 7) is 10.0. The molecule has 0 aliphatic carbocycles. The van der Waals surface area contributed by atoms with Crippen LogP contribution in [0.1, 0.15) is 33.4 Å². The van der Waals surface area contributed by atoms with Crippen molar-refractivity contribution in [1.82, 2.24) is 4.98 Å². The van der Waals surface area contributed by atoms with E-state index in [0.29, 0.717) is 12.5 Å². The SMILES string of the molecule is CCNc1ccnc(COC(C)C(C)C)c1. The van der Waals surface area contributed by atoms with Crippen LogP contribution in [0.3, 0.4) is 0 Å². The highest BCUT2D eigenvalue weighted by Gasteiger charge is 2.07. The minimum atomic E-state index is 0.268. The summed E-state index contributed by atoms with van der Waals surface area (Å²) < 4.78 is 5.73. The van der Waals surface area contributed by atoms with Gasteiger partial charge >= 0.3 is 0 Å². The van der Waals surface area contributed by atoms with E-state index in [4.69, 9.17) is 4.74 Å². The summed E-state index contributed by atoms with van der Waals surface area (Å²) in [6.07, 6.45) is 2.08. The first kappa shape index (κ1) is 13.0. The summed E-state index contributed by atoms with van der Waals surface area (Å²) in [6, 6.07) is 4.01. The quantitative estimate of drug-likeness (QED) is 0.803. The lowest BCUT2D eigenvalue weighted by Gasteiger charge is -2.16. The Hall–Kier alpha value is -1.09. The summed E-state index contributed by atoms with van der Waals surface area (Å²) in [5, 5.41) is 3.26. The molecule has 16 heavy (non-hydrogen) atoms. The van der Waals surface area contributed by atoms with Gasteiger partial charge in [-0.3, -0.25) is 4.98 Å². The van der Waals surface area contributed by atoms with E-state index in [-0.39, 0.29) is 6.10 Å². The van der Waals surface area contributed by atoms with Crippen molar-refractivity contribution < 1.29 is 4.74 Å². The molecular formula is C13H22N2O. The van der Waals surface area contributed by atoms with Crippen LogP contribution in [-0.2, 0) is 11.3 Å². The van der Waals surface area contributed by atoms with Gasteiger partial charge in [-0.1, -0.05) is 13.8 Å². The van der Waals surface area contributed by atoms with Gasteiger partial charge in [0.2, 0.25) is 0 Å². The maximum Gasteiger partial charge on any atom is 0.0892 e. The van der Waals surface area contributed by atoms with Gasteiger partial charge in [-0.2, -0.15) is 0 Å². The molecule has 0 fully saturated rings. The van der Waals surface area contributed by atoms with Crippen molar-refractivity contribution in [3.8, 4) is 0 Å². The second kappa shape index (κ2) is 6.48. The Morgan fingerprint density at radius 2 is 2.12 bits per heavy atom. The third-order valence-corrected chi connectivity index (χ3v) is 2.63. The number of rotatable bonds is 6. The van der Waals surface area contributed by atoms with Gasteiger partial charge in [0.15, 0.2) is 0 Å². The molecule has 0 saturated heterocycles. The molecule has 0 radical (unpaired) electrons. The van der Waals surface area contributed by atoms with Gasteiger partial charge in [0.05, 0.1) is 18.4 Å². The molecule has 0 saturated carbocycles. The predicted molar refractivity (Wildman–Crippen MR) is 67.5 cm³/mol. The van der Waals surface area contributed by atoms with Crippen molar-refractivity contribution in [1.29, 1.82) is 0 Å². The summed E-state index contributed by atoms with van der Waals surface area (Å²) >= 11 is 0. The van der Waals surface area contributed by atoms with Crippen molar-refractivity contribution in [3.63, 3.8) is 0 Å². The summed E-state index contributed by atoms with van der Waals surface area (Å²) in [7, 11) is 0. The van der Waals surface area contributed by atoms with E-state index in [1.807, 2.05) is 18.3 Å². The first-order valence-electron chi connectivity index (χ1n) is 5.94. The first-order chi connectivity index (χ1) is 7.63. The molecule has 3 heteroatoms. The van der Waals surface area contributed by atoms with E-state index in [1.165, 1.54) is 0 Å². The standard InChI is InChI=1S/C13H22N2O/c1-5-14-12-6-7-15-13(8-12)9-16-11(4)10(2)3/h6-8,10-11H,5,9H2,1-4H3,(H,14,15). The molecule has 1 atom stereocenters. The summed E-state index contributed by atoms with van der Waals surface area (Å²) in [4.78, 5) is 4.29. The molecule has 0 aromatic carbocycles. The van der Waals surface area contributed by atoms with E-state index < -0.39 is 0 Å². The number of aromatic nitrogens is 1. The van der Waals surface area contributed by atoms with Crippen LogP contribution in [0.15, 0.2) is 18.3 Å². The van der Waals surface area contributed by atoms with Gasteiger partial charge in [0.1, 0.15) is 0 Å². The van der Waals surface area contributed by atoms with Crippen molar-refractivity contribution in [2.45, 2.75) is 40.4 Å². The second-order valence-electron chi connectivity index (χ2n) is 4.33. The van der Waals surface area contributed by atoms with Crippen LogP contribution in [0.25, 0.3) is 0 Å².